The van der Waals surface area contributed by atoms with Gasteiger partial charge in [0.05, 0.1) is 12.2 Å². The Kier molecular flexibility index (Phi) is 7.99. The minimum absolute atomic E-state index is 0.156. The van der Waals surface area contributed by atoms with Crippen molar-refractivity contribution in [3.63, 3.8) is 0 Å². The number of aryl methyl sites for hydroxylation is 1. The number of phosphoric acid groups is 3. The largest absolute Gasteiger partial charge is 0.490 e. The molecule has 7 N–H and O–H groups in total. The minimum Gasteiger partial charge on any atom is -0.387 e. The summed E-state index contributed by atoms with van der Waals surface area (Å²) in [6.07, 6.45) is -5.47. The van der Waals surface area contributed by atoms with Gasteiger partial charge in [0.25, 0.3) is 5.56 Å². The zero-order chi connectivity index (χ0) is 23.8. The molecule has 31 heavy (non-hydrogen) atoms. The van der Waals surface area contributed by atoms with Gasteiger partial charge in [0.2, 0.25) is 0 Å². The van der Waals surface area contributed by atoms with Crippen molar-refractivity contribution in [1.29, 1.82) is 0 Å². The highest BCUT2D eigenvalue weighted by Gasteiger charge is 2.47. The number of aromatic amines is 1. The van der Waals surface area contributed by atoms with E-state index in [9.17, 15) is 38.4 Å². The summed E-state index contributed by atoms with van der Waals surface area (Å²) in [4.78, 5) is 61.1. The lowest BCUT2D eigenvalue weighted by Gasteiger charge is -2.19. The van der Waals surface area contributed by atoms with Crippen LogP contribution < -0.4 is 11.2 Å². The van der Waals surface area contributed by atoms with Crippen molar-refractivity contribution >= 4 is 23.5 Å². The van der Waals surface area contributed by atoms with Crippen LogP contribution in [0.3, 0.4) is 0 Å². The van der Waals surface area contributed by atoms with E-state index in [0.29, 0.717) is 0 Å². The Labute approximate surface area is 172 Å². The van der Waals surface area contributed by atoms with Crippen molar-refractivity contribution in [1.82, 2.24) is 9.55 Å². The topological polar surface area (TPSA) is 264 Å². The highest BCUT2D eigenvalue weighted by Crippen LogP contribution is 2.66. The lowest BCUT2D eigenvalue weighted by Crippen LogP contribution is -2.36. The summed E-state index contributed by atoms with van der Waals surface area (Å²) in [5.74, 6) is 0. The Morgan fingerprint density at radius 1 is 1.06 bits per heavy atom. The second-order valence-corrected chi connectivity index (χ2v) is 10.5. The molecule has 178 valence electrons. The molecule has 1 aromatic rings. The fourth-order valence-corrected chi connectivity index (χ4v) is 5.61. The molecule has 2 rings (SSSR count). The average Bonchev–Trinajstić information content (AvgIpc) is 2.85. The SMILES string of the molecule is CCn1cc([C@@H]2O[C@H](COP(=O)(O)OP(=O)(O)OP(=O)(O)O)C(O)[C@@H]2O)c(=O)[nH]c1=O. The maximum Gasteiger partial charge on any atom is 0.490 e. The predicted molar refractivity (Wildman–Crippen MR) is 96.4 cm³/mol. The average molecular weight is 512 g/mol. The molecule has 1 aliphatic heterocycles. The van der Waals surface area contributed by atoms with Gasteiger partial charge < -0.3 is 39.1 Å². The molecule has 1 aliphatic rings. The summed E-state index contributed by atoms with van der Waals surface area (Å²) in [7, 11) is -16.8. The predicted octanol–water partition coefficient (Wildman–Crippen LogP) is -1.94. The number of aromatic nitrogens is 2. The van der Waals surface area contributed by atoms with Gasteiger partial charge in [0.1, 0.15) is 24.4 Å². The summed E-state index contributed by atoms with van der Waals surface area (Å²) >= 11 is 0. The van der Waals surface area contributed by atoms with E-state index in [1.807, 2.05) is 4.98 Å². The molecule has 17 nitrogen and oxygen atoms in total. The number of phosphoric ester groups is 1. The van der Waals surface area contributed by atoms with Crippen molar-refractivity contribution in [3.8, 4) is 0 Å². The van der Waals surface area contributed by atoms with Crippen LogP contribution in [0.25, 0.3) is 0 Å². The minimum atomic E-state index is -5.74. The third-order valence-electron chi connectivity index (χ3n) is 3.87. The third-order valence-corrected chi connectivity index (χ3v) is 7.67. The first kappa shape index (κ1) is 26.2. The molecule has 0 bridgehead atoms. The first-order valence-electron chi connectivity index (χ1n) is 8.19. The van der Waals surface area contributed by atoms with Crippen LogP contribution in [-0.4, -0.2) is 64.3 Å². The molecular formula is C11H19N2O15P3. The van der Waals surface area contributed by atoms with Crippen molar-refractivity contribution < 1.29 is 61.4 Å². The number of hydrogen-bond acceptors (Lipinski definition) is 11. The Morgan fingerprint density at radius 2 is 1.68 bits per heavy atom. The Bertz CT molecular complexity index is 1060. The number of nitrogens with zero attached hydrogens (tertiary/aromatic N) is 1. The summed E-state index contributed by atoms with van der Waals surface area (Å²) in [5, 5.41) is 20.2. The van der Waals surface area contributed by atoms with Gasteiger partial charge in [0, 0.05) is 12.7 Å². The lowest BCUT2D eigenvalue weighted by atomic mass is 10.0. The van der Waals surface area contributed by atoms with Crippen LogP contribution >= 0.6 is 23.5 Å². The standard InChI is InChI=1S/C11H19N2O15P3/c1-2-13-3-5(10(16)12-11(13)17)9-8(15)7(14)6(26-9)4-25-30(21,22)28-31(23,24)27-29(18,19)20/h3,6-9,14-15H,2,4H2,1H3,(H,21,22)(H,23,24)(H,12,16,17)(H2,18,19,20)/t6-,7?,8+,9+/m1/s1. The van der Waals surface area contributed by atoms with Crippen LogP contribution in [0.5, 0.6) is 0 Å². The molecule has 0 saturated carbocycles. The number of rotatable bonds is 9. The fraction of sp³-hybridized carbons (Fsp3) is 0.636. The summed E-state index contributed by atoms with van der Waals surface area (Å²) in [5.41, 5.74) is -1.89. The van der Waals surface area contributed by atoms with Crippen LogP contribution in [0.15, 0.2) is 15.8 Å². The first-order valence-corrected chi connectivity index (χ1v) is 12.7. The normalized spacial score (nSPS) is 28.2. The van der Waals surface area contributed by atoms with Crippen molar-refractivity contribution in [3.05, 3.63) is 32.6 Å². The smallest absolute Gasteiger partial charge is 0.387 e. The quantitative estimate of drug-likeness (QED) is 0.177. The number of aliphatic hydroxyl groups is 2. The van der Waals surface area contributed by atoms with Gasteiger partial charge in [-0.1, -0.05) is 0 Å². The number of nitrogens with one attached hydrogen (secondary N) is 1. The van der Waals surface area contributed by atoms with Crippen molar-refractivity contribution in [2.24, 2.45) is 0 Å². The van der Waals surface area contributed by atoms with Gasteiger partial charge in [-0.15, -0.1) is 0 Å². The summed E-state index contributed by atoms with van der Waals surface area (Å²) in [6.45, 7) is 0.711. The highest BCUT2D eigenvalue weighted by molar-refractivity contribution is 7.66. The number of aliphatic hydroxyl groups excluding tert-OH is 2. The van der Waals surface area contributed by atoms with Gasteiger partial charge in [-0.2, -0.15) is 8.62 Å². The molecule has 3 unspecified atom stereocenters. The first-order chi connectivity index (χ1) is 14.1. The molecule has 1 fully saturated rings. The lowest BCUT2D eigenvalue weighted by molar-refractivity contribution is -0.0228. The Balaban J connectivity index is 2.12. The van der Waals surface area contributed by atoms with E-state index >= 15 is 0 Å². The Morgan fingerprint density at radius 3 is 2.23 bits per heavy atom. The van der Waals surface area contributed by atoms with Crippen LogP contribution in [0, 0.1) is 0 Å². The number of hydrogen-bond donors (Lipinski definition) is 7. The van der Waals surface area contributed by atoms with Gasteiger partial charge in [-0.05, 0) is 6.92 Å². The molecule has 0 aromatic carbocycles. The second-order valence-electron chi connectivity index (χ2n) is 6.09. The van der Waals surface area contributed by atoms with Gasteiger partial charge >= 0.3 is 29.2 Å². The van der Waals surface area contributed by atoms with Gasteiger partial charge in [-0.25, -0.2) is 18.5 Å². The monoisotopic (exact) mass is 512 g/mol. The second kappa shape index (κ2) is 9.45. The van der Waals surface area contributed by atoms with E-state index in [2.05, 4.69) is 13.1 Å². The van der Waals surface area contributed by atoms with Crippen LogP contribution in [0.4, 0.5) is 0 Å². The van der Waals surface area contributed by atoms with E-state index in [1.54, 1.807) is 6.92 Å². The van der Waals surface area contributed by atoms with E-state index in [4.69, 9.17) is 19.4 Å². The van der Waals surface area contributed by atoms with Gasteiger partial charge in [0.15, 0.2) is 0 Å². The summed E-state index contributed by atoms with van der Waals surface area (Å²) in [6, 6.07) is 0. The zero-order valence-corrected chi connectivity index (χ0v) is 18.1. The van der Waals surface area contributed by atoms with E-state index in [-0.39, 0.29) is 12.1 Å². The molecule has 1 aromatic heterocycles. The van der Waals surface area contributed by atoms with Gasteiger partial charge in [-0.3, -0.25) is 14.3 Å². The molecule has 6 atom stereocenters. The summed E-state index contributed by atoms with van der Waals surface area (Å²) < 4.78 is 51.4. The van der Waals surface area contributed by atoms with E-state index in [0.717, 1.165) is 10.8 Å². The molecule has 1 saturated heterocycles. The molecule has 0 aliphatic carbocycles. The molecule has 2 heterocycles. The molecular weight excluding hydrogens is 493 g/mol. The molecule has 20 heteroatoms. The zero-order valence-electron chi connectivity index (χ0n) is 15.4. The fourth-order valence-electron chi connectivity index (χ4n) is 2.58. The maximum absolute atomic E-state index is 12.0. The van der Waals surface area contributed by atoms with Crippen molar-refractivity contribution in [2.45, 2.75) is 37.9 Å². The van der Waals surface area contributed by atoms with Crippen LogP contribution in [0.1, 0.15) is 18.6 Å². The van der Waals surface area contributed by atoms with Crippen LogP contribution in [0.2, 0.25) is 0 Å². The van der Waals surface area contributed by atoms with Crippen LogP contribution in [-0.2, 0) is 38.1 Å². The molecule has 0 amide bonds. The van der Waals surface area contributed by atoms with E-state index in [1.165, 1.54) is 0 Å². The van der Waals surface area contributed by atoms with Crippen molar-refractivity contribution in [2.75, 3.05) is 6.61 Å². The van der Waals surface area contributed by atoms with E-state index < -0.39 is 65.7 Å². The molecule has 0 spiro atoms. The number of ether oxygens (including phenoxy) is 1. The Hall–Kier alpha value is -1.03. The highest BCUT2D eigenvalue weighted by atomic mass is 31.3. The third kappa shape index (κ3) is 6.97. The molecule has 0 radical (unpaired) electrons. The maximum atomic E-state index is 12.0. The number of H-pyrrole nitrogens is 1.